The topological polar surface area (TPSA) is 34.1 Å². The van der Waals surface area contributed by atoms with Gasteiger partial charge in [0.15, 0.2) is 0 Å². The van der Waals surface area contributed by atoms with Gasteiger partial charge in [0.1, 0.15) is 11.6 Å². The van der Waals surface area contributed by atoms with Gasteiger partial charge in [-0.2, -0.15) is 0 Å². The molecule has 0 unspecified atom stereocenters. The zero-order valence-corrected chi connectivity index (χ0v) is 17.8. The molecule has 0 atom stereocenters. The van der Waals surface area contributed by atoms with Gasteiger partial charge in [-0.05, 0) is 90.4 Å². The fraction of sp³-hybridized carbons (Fsp3) is 0.273. The molecular weight excluding hydrogens is 455 g/mol. The maximum absolute atomic E-state index is 11.1. The fourth-order valence-electron chi connectivity index (χ4n) is 2.07. The minimum atomic E-state index is -0.0949. The van der Waals surface area contributed by atoms with Gasteiger partial charge in [0.25, 0.3) is 0 Å². The van der Waals surface area contributed by atoms with E-state index in [0.29, 0.717) is 5.92 Å². The summed E-state index contributed by atoms with van der Waals surface area (Å²) in [6.45, 7) is 1.42. The predicted molar refractivity (Wildman–Crippen MR) is 99.0 cm³/mol. The van der Waals surface area contributed by atoms with Gasteiger partial charge in [-0.3, -0.25) is 9.59 Å². The molecule has 0 saturated heterocycles. The Kier molecular flexibility index (Phi) is 21.4. The molecular formula is C22H26FeO2Rh+2. The zero-order valence-electron chi connectivity index (χ0n) is 15.0. The van der Waals surface area contributed by atoms with E-state index in [9.17, 15) is 9.59 Å². The van der Waals surface area contributed by atoms with Gasteiger partial charge >= 0.3 is 17.1 Å². The molecule has 11 radical (unpaired) electrons. The van der Waals surface area contributed by atoms with Crippen LogP contribution >= 0.6 is 0 Å². The average Bonchev–Trinajstić information content (AvgIpc) is 3.24. The summed E-state index contributed by atoms with van der Waals surface area (Å²) < 4.78 is 0. The zero-order chi connectivity index (χ0) is 17.5. The Labute approximate surface area is 184 Å². The van der Waals surface area contributed by atoms with Crippen LogP contribution in [0, 0.1) is 63.7 Å². The van der Waals surface area contributed by atoms with E-state index in [0.717, 1.165) is 6.42 Å². The number of carbonyl (C=O) groups is 2. The molecule has 0 amide bonds. The third kappa shape index (κ3) is 16.2. The monoisotopic (exact) mass is 481 g/mol. The first-order valence-corrected chi connectivity index (χ1v) is 8.41. The number of carbonyl (C=O) groups excluding carboxylic acids is 2. The van der Waals surface area contributed by atoms with Crippen molar-refractivity contribution in [3.63, 3.8) is 0 Å². The van der Waals surface area contributed by atoms with Crippen molar-refractivity contribution >= 4 is 11.6 Å². The Balaban J connectivity index is 0. The molecule has 3 aliphatic carbocycles. The van der Waals surface area contributed by atoms with E-state index in [1.165, 1.54) is 26.2 Å². The third-order valence-electron chi connectivity index (χ3n) is 3.30. The van der Waals surface area contributed by atoms with E-state index in [4.69, 9.17) is 0 Å². The van der Waals surface area contributed by atoms with Crippen LogP contribution in [-0.4, -0.2) is 11.6 Å². The maximum Gasteiger partial charge on any atom is 2.00 e. The number of hydrogen-bond acceptors (Lipinski definition) is 2. The Morgan fingerprint density at radius 2 is 1.27 bits per heavy atom. The summed E-state index contributed by atoms with van der Waals surface area (Å²) in [7, 11) is 0. The SMILES string of the molecule is C1=C\CCC/C=C\C/1.CC(=O)CC(=O)[C]1[CH][CH][CH][CH]1.[CH]1[CH][CH][CH][CH]1.[Fe+2].[Rh]. The van der Waals surface area contributed by atoms with Crippen LogP contribution in [0.15, 0.2) is 24.3 Å². The number of Topliss-reactive ketones (excluding diaryl/α,β-unsaturated/α-hetero) is 2. The van der Waals surface area contributed by atoms with Crippen molar-refractivity contribution in [1.82, 2.24) is 0 Å². The van der Waals surface area contributed by atoms with Crippen LogP contribution in [0.3, 0.4) is 0 Å². The second-order valence-corrected chi connectivity index (χ2v) is 5.55. The normalized spacial score (nSPS) is 21.1. The van der Waals surface area contributed by atoms with Gasteiger partial charge < -0.3 is 0 Å². The molecule has 3 rings (SSSR count). The molecule has 2 fully saturated rings. The van der Waals surface area contributed by atoms with E-state index < -0.39 is 0 Å². The summed E-state index contributed by atoms with van der Waals surface area (Å²) in [4.78, 5) is 21.6. The van der Waals surface area contributed by atoms with Crippen LogP contribution in [0.5, 0.6) is 0 Å². The van der Waals surface area contributed by atoms with Crippen LogP contribution in [0.2, 0.25) is 0 Å². The first-order valence-electron chi connectivity index (χ1n) is 8.41. The number of hydrogen-bond donors (Lipinski definition) is 0. The molecule has 26 heavy (non-hydrogen) atoms. The Hall–Kier alpha value is -0.0371. The van der Waals surface area contributed by atoms with Crippen LogP contribution in [0.4, 0.5) is 0 Å². The summed E-state index contributed by atoms with van der Waals surface area (Å²) >= 11 is 0. The maximum atomic E-state index is 11.1. The summed E-state index contributed by atoms with van der Waals surface area (Å²) in [5, 5.41) is 0. The second kappa shape index (κ2) is 19.7. The molecule has 0 N–H and O–H groups in total. The van der Waals surface area contributed by atoms with E-state index in [2.05, 4.69) is 24.3 Å². The second-order valence-electron chi connectivity index (χ2n) is 5.55. The molecule has 0 bridgehead atoms. The van der Waals surface area contributed by atoms with Crippen LogP contribution < -0.4 is 0 Å². The van der Waals surface area contributed by atoms with Crippen molar-refractivity contribution in [2.24, 2.45) is 0 Å². The smallest absolute Gasteiger partial charge is 0.300 e. The molecule has 0 heterocycles. The largest absolute Gasteiger partial charge is 2.00 e. The molecule has 2 nitrogen and oxygen atoms in total. The molecule has 0 aromatic rings. The van der Waals surface area contributed by atoms with Gasteiger partial charge in [-0.25, -0.2) is 0 Å². The van der Waals surface area contributed by atoms with E-state index in [-0.39, 0.29) is 54.5 Å². The van der Waals surface area contributed by atoms with E-state index in [1.807, 2.05) is 32.1 Å². The van der Waals surface area contributed by atoms with Crippen molar-refractivity contribution in [3.05, 3.63) is 88.0 Å². The van der Waals surface area contributed by atoms with Gasteiger partial charge in [-0.15, -0.1) is 0 Å². The molecule has 0 aromatic carbocycles. The van der Waals surface area contributed by atoms with Crippen molar-refractivity contribution in [2.75, 3.05) is 0 Å². The number of ketones is 2. The van der Waals surface area contributed by atoms with Gasteiger partial charge in [0.05, 0.1) is 6.42 Å². The van der Waals surface area contributed by atoms with E-state index in [1.54, 1.807) is 25.7 Å². The molecule has 0 spiro atoms. The summed E-state index contributed by atoms with van der Waals surface area (Å²) in [6, 6.07) is 0. The summed E-state index contributed by atoms with van der Waals surface area (Å²) in [5.74, 6) is 0.443. The molecule has 0 aliphatic heterocycles. The Bertz CT molecular complexity index is 389. The first kappa shape index (κ1) is 28.2. The Morgan fingerprint density at radius 1 is 0.808 bits per heavy atom. The number of rotatable bonds is 3. The van der Waals surface area contributed by atoms with Crippen LogP contribution in [0.25, 0.3) is 0 Å². The van der Waals surface area contributed by atoms with Gasteiger partial charge in [-0.1, -0.05) is 24.3 Å². The predicted octanol–water partition coefficient (Wildman–Crippen LogP) is 4.63. The quantitative estimate of drug-likeness (QED) is 0.335. The minimum Gasteiger partial charge on any atom is -0.300 e. The third-order valence-corrected chi connectivity index (χ3v) is 3.30. The average molecular weight is 481 g/mol. The molecule has 2 saturated carbocycles. The molecule has 0 aromatic heterocycles. The first-order chi connectivity index (χ1) is 11.7. The summed E-state index contributed by atoms with van der Waals surface area (Å²) in [6.07, 6.45) is 31.0. The standard InChI is InChI=1S/C9H9O2.C8H12.C5H5.Fe.Rh/c1-7(10)6-9(11)8-4-2-3-5-8;1-2-4-6-8-7-5-3-1;1-2-4-5-3-1;;/h2-5H,6H2,1H3;1-2,5,7H,3-4,6,8H2;1-5H;;/q;;;+2;/b;2-1-,7-5-;;;. The molecule has 141 valence electrons. The van der Waals surface area contributed by atoms with Gasteiger partial charge in [0, 0.05) is 25.4 Å². The van der Waals surface area contributed by atoms with Crippen LogP contribution in [0.1, 0.15) is 39.0 Å². The molecule has 3 aliphatic rings. The van der Waals surface area contributed by atoms with E-state index >= 15 is 0 Å². The van der Waals surface area contributed by atoms with Crippen molar-refractivity contribution < 1.29 is 46.1 Å². The van der Waals surface area contributed by atoms with Crippen molar-refractivity contribution in [2.45, 2.75) is 39.0 Å². The molecule has 4 heteroatoms. The summed E-state index contributed by atoms with van der Waals surface area (Å²) in [5.41, 5.74) is 0. The van der Waals surface area contributed by atoms with Gasteiger partial charge in [0.2, 0.25) is 0 Å². The van der Waals surface area contributed by atoms with Crippen molar-refractivity contribution in [1.29, 1.82) is 0 Å². The Morgan fingerprint density at radius 3 is 1.69 bits per heavy atom. The van der Waals surface area contributed by atoms with Crippen LogP contribution in [-0.2, 0) is 46.1 Å². The fourth-order valence-corrected chi connectivity index (χ4v) is 2.07. The number of allylic oxidation sites excluding steroid dienone is 4. The van der Waals surface area contributed by atoms with Crippen molar-refractivity contribution in [3.8, 4) is 0 Å². The minimum absolute atomic E-state index is 0.